The van der Waals surface area contributed by atoms with Gasteiger partial charge in [-0.25, -0.2) is 0 Å². The van der Waals surface area contributed by atoms with Crippen molar-refractivity contribution in [3.63, 3.8) is 0 Å². The molecule has 0 bridgehead atoms. The van der Waals surface area contributed by atoms with Crippen LogP contribution in [0.15, 0.2) is 101 Å². The largest absolute Gasteiger partial charge is 0.313 e. The van der Waals surface area contributed by atoms with Crippen LogP contribution in [-0.2, 0) is 20.3 Å². The number of para-hydroxylation sites is 1. The lowest BCUT2D eigenvalue weighted by molar-refractivity contribution is -0.444. The van der Waals surface area contributed by atoms with Crippen LogP contribution >= 0.6 is 0 Å². The highest BCUT2D eigenvalue weighted by Gasteiger charge is 2.45. The van der Waals surface area contributed by atoms with Crippen LogP contribution in [0.1, 0.15) is 39.7 Å². The Morgan fingerprint density at radius 2 is 1.92 bits per heavy atom. The quantitative estimate of drug-likeness (QED) is 0.304. The first-order valence-electron chi connectivity index (χ1n) is 11.6. The third-order valence-corrected chi connectivity index (χ3v) is 7.52. The summed E-state index contributed by atoms with van der Waals surface area (Å²) in [5.74, 6) is -0.0280. The number of rotatable bonds is 6. The molecular weight excluding hydrogens is 472 g/mol. The molecule has 0 aliphatic carbocycles. The zero-order valence-corrected chi connectivity index (χ0v) is 21.7. The average molecular weight is 503 g/mol. The minimum atomic E-state index is -4.41. The summed E-state index contributed by atoms with van der Waals surface area (Å²) in [6.07, 6.45) is 10.2. The second-order valence-electron chi connectivity index (χ2n) is 9.45. The van der Waals surface area contributed by atoms with Crippen LogP contribution in [0.3, 0.4) is 0 Å². The number of Topliss-reactive ketones (excluding diaryl/α,β-unsaturated/α-hetero) is 1. The van der Waals surface area contributed by atoms with Gasteiger partial charge < -0.3 is 4.90 Å². The van der Waals surface area contributed by atoms with Crippen molar-refractivity contribution in [2.75, 3.05) is 4.90 Å². The van der Waals surface area contributed by atoms with Crippen LogP contribution in [-0.4, -0.2) is 30.0 Å². The molecule has 1 unspecified atom stereocenters. The Bertz CT molecular complexity index is 1470. The van der Waals surface area contributed by atoms with Crippen molar-refractivity contribution in [2.45, 2.75) is 44.4 Å². The van der Waals surface area contributed by atoms with Gasteiger partial charge in [-0.05, 0) is 69.7 Å². The molecule has 0 spiro atoms. The van der Waals surface area contributed by atoms with Crippen molar-refractivity contribution >= 4 is 34.0 Å². The van der Waals surface area contributed by atoms with E-state index in [1.807, 2.05) is 91.0 Å². The number of anilines is 2. The van der Waals surface area contributed by atoms with E-state index in [2.05, 4.69) is 6.72 Å². The molecule has 2 aliphatic rings. The number of fused-ring (bicyclic) bond motifs is 1. The fraction of sp³-hybridized carbons (Fsp3) is 0.207. The van der Waals surface area contributed by atoms with Gasteiger partial charge in [0.1, 0.15) is 5.78 Å². The zero-order chi connectivity index (χ0) is 26.3. The molecule has 0 saturated carbocycles. The second kappa shape index (κ2) is 9.41. The minimum Gasteiger partial charge on any atom is -0.313 e. The fourth-order valence-corrected chi connectivity index (χ4v) is 5.44. The first-order valence-corrected chi connectivity index (χ1v) is 13.1. The first-order chi connectivity index (χ1) is 16.9. The monoisotopic (exact) mass is 502 g/mol. The molecule has 4 rings (SSSR count). The summed E-state index contributed by atoms with van der Waals surface area (Å²) < 4.78 is 35.5. The van der Waals surface area contributed by atoms with Crippen LogP contribution < -0.4 is 4.90 Å². The van der Waals surface area contributed by atoms with E-state index >= 15 is 0 Å². The van der Waals surface area contributed by atoms with Crippen molar-refractivity contribution < 1.29 is 22.3 Å². The van der Waals surface area contributed by atoms with Gasteiger partial charge >= 0.3 is 0 Å². The summed E-state index contributed by atoms with van der Waals surface area (Å²) >= 11 is 0. The van der Waals surface area contributed by atoms with E-state index in [1.165, 1.54) is 19.1 Å². The Hall–Kier alpha value is -3.68. The van der Waals surface area contributed by atoms with Crippen LogP contribution in [0.25, 0.3) is 0 Å². The normalized spacial score (nSPS) is 21.1. The number of hydrogen-bond donors (Lipinski definition) is 1. The van der Waals surface area contributed by atoms with Crippen LogP contribution in [0.2, 0.25) is 0 Å². The lowest BCUT2D eigenvalue weighted by Gasteiger charge is -2.29. The molecule has 1 atom stereocenters. The maximum atomic E-state index is 12.4. The van der Waals surface area contributed by atoms with Gasteiger partial charge in [0.15, 0.2) is 0 Å². The lowest BCUT2D eigenvalue weighted by atomic mass is 9.77. The molecule has 0 aromatic heterocycles. The maximum Gasteiger partial charge on any atom is 0.294 e. The van der Waals surface area contributed by atoms with Crippen molar-refractivity contribution in [3.8, 4) is 0 Å². The standard InChI is InChI=1S/C29H30N2O4S/c1-20-16-23(17-21(2)30(20)5)10-9-13-28-29(4,19-22(3)32)26-18-25(36(33,34)35)14-15-27(26)31(28)24-11-7-6-8-12-24/h6-18H,5,19H2,1-4H3,(H,33,34,35). The summed E-state index contributed by atoms with van der Waals surface area (Å²) in [7, 11) is -4.41. The van der Waals surface area contributed by atoms with Crippen LogP contribution in [0.4, 0.5) is 11.4 Å². The molecule has 186 valence electrons. The van der Waals surface area contributed by atoms with E-state index in [-0.39, 0.29) is 17.1 Å². The van der Waals surface area contributed by atoms with Crippen LogP contribution in [0.5, 0.6) is 0 Å². The fourth-order valence-electron chi connectivity index (χ4n) is 4.93. The SMILES string of the molecule is C=[N+]1C(C)=CC(C=CC=C2N(c3ccccc3)c3ccc(S(=O)(=O)O)cc3C2(C)CC(C)=O)=C[C-]1C. The van der Waals surface area contributed by atoms with Gasteiger partial charge in [0.25, 0.3) is 10.1 Å². The summed E-state index contributed by atoms with van der Waals surface area (Å²) in [4.78, 5) is 14.3. The van der Waals surface area contributed by atoms with Gasteiger partial charge in [0.05, 0.1) is 29.0 Å². The van der Waals surface area contributed by atoms with Crippen molar-refractivity contribution in [2.24, 2.45) is 0 Å². The Balaban J connectivity index is 1.90. The first kappa shape index (κ1) is 25.4. The lowest BCUT2D eigenvalue weighted by Crippen LogP contribution is -2.28. The Morgan fingerprint density at radius 3 is 2.53 bits per heavy atom. The van der Waals surface area contributed by atoms with E-state index in [0.717, 1.165) is 34.4 Å². The number of carbonyl (C=O) groups is 1. The Kier molecular flexibility index (Phi) is 6.64. The summed E-state index contributed by atoms with van der Waals surface area (Å²) in [5, 5.41) is 0. The molecule has 2 aliphatic heterocycles. The van der Waals surface area contributed by atoms with Gasteiger partial charge in [0.2, 0.25) is 0 Å². The third kappa shape index (κ3) is 4.72. The van der Waals surface area contributed by atoms with E-state index in [4.69, 9.17) is 0 Å². The van der Waals surface area contributed by atoms with E-state index in [9.17, 15) is 17.8 Å². The van der Waals surface area contributed by atoms with Crippen LogP contribution in [0, 0.1) is 6.04 Å². The molecule has 7 heteroatoms. The number of ketones is 1. The summed E-state index contributed by atoms with van der Waals surface area (Å²) in [6, 6.07) is 15.3. The molecule has 36 heavy (non-hydrogen) atoms. The number of nitrogens with zero attached hydrogens (tertiary/aromatic N) is 2. The predicted octanol–water partition coefficient (Wildman–Crippen LogP) is 5.87. The highest BCUT2D eigenvalue weighted by molar-refractivity contribution is 7.85. The van der Waals surface area contributed by atoms with Gasteiger partial charge in [0, 0.05) is 23.2 Å². The highest BCUT2D eigenvalue weighted by Crippen LogP contribution is 2.53. The van der Waals surface area contributed by atoms with Crippen molar-refractivity contribution in [1.29, 1.82) is 0 Å². The molecule has 2 heterocycles. The number of benzene rings is 2. The predicted molar refractivity (Wildman–Crippen MR) is 143 cm³/mol. The zero-order valence-electron chi connectivity index (χ0n) is 20.9. The molecule has 2 aromatic rings. The smallest absolute Gasteiger partial charge is 0.294 e. The van der Waals surface area contributed by atoms with E-state index < -0.39 is 15.5 Å². The maximum absolute atomic E-state index is 12.4. The molecular formula is C29H30N2O4S. The number of carbonyl (C=O) groups excluding carboxylic acids is 1. The second-order valence-corrected chi connectivity index (χ2v) is 10.9. The number of hydrogen-bond acceptors (Lipinski definition) is 4. The highest BCUT2D eigenvalue weighted by atomic mass is 32.2. The summed E-state index contributed by atoms with van der Waals surface area (Å²) in [5.41, 5.74) is 4.38. The Morgan fingerprint density at radius 1 is 1.22 bits per heavy atom. The van der Waals surface area contributed by atoms with Crippen molar-refractivity contribution in [1.82, 2.24) is 0 Å². The van der Waals surface area contributed by atoms with Gasteiger partial charge in [-0.1, -0.05) is 48.1 Å². The third-order valence-electron chi connectivity index (χ3n) is 6.67. The average Bonchev–Trinajstić information content (AvgIpc) is 3.04. The van der Waals surface area contributed by atoms with Gasteiger partial charge in [-0.3, -0.25) is 13.9 Å². The van der Waals surface area contributed by atoms with E-state index in [0.29, 0.717) is 5.56 Å². The Labute approximate surface area is 213 Å². The topological polar surface area (TPSA) is 77.7 Å². The molecule has 0 amide bonds. The molecule has 1 N–H and O–H groups in total. The number of allylic oxidation sites excluding steroid dienone is 7. The molecule has 0 radical (unpaired) electrons. The molecule has 2 aromatic carbocycles. The minimum absolute atomic E-state index is 0.0280. The summed E-state index contributed by atoms with van der Waals surface area (Å²) in [6.45, 7) is 11.5. The molecule has 0 fully saturated rings. The molecule has 0 saturated heterocycles. The van der Waals surface area contributed by atoms with E-state index in [1.54, 1.807) is 6.07 Å². The van der Waals surface area contributed by atoms with Gasteiger partial charge in [-0.2, -0.15) is 8.42 Å². The van der Waals surface area contributed by atoms with Gasteiger partial charge in [-0.15, -0.1) is 0 Å². The molecule has 6 nitrogen and oxygen atoms in total. The van der Waals surface area contributed by atoms with Crippen molar-refractivity contribution in [3.05, 3.63) is 107 Å².